The number of hydrogen-bond acceptors (Lipinski definition) is 3. The van der Waals surface area contributed by atoms with Gasteiger partial charge in [0.25, 0.3) is 0 Å². The summed E-state index contributed by atoms with van der Waals surface area (Å²) in [4.78, 5) is 27.3. The Kier molecular flexibility index (Phi) is 5.96. The van der Waals surface area contributed by atoms with Gasteiger partial charge in [-0.25, -0.2) is 4.39 Å². The molecule has 1 heterocycles. The van der Waals surface area contributed by atoms with Crippen molar-refractivity contribution in [2.24, 2.45) is 5.92 Å². The molecule has 8 heteroatoms. The van der Waals surface area contributed by atoms with Gasteiger partial charge >= 0.3 is 0 Å². The highest BCUT2D eigenvalue weighted by Crippen LogP contribution is 2.35. The molecular weight excluding hydrogens is 419 g/mol. The maximum absolute atomic E-state index is 14.0. The smallest absolute Gasteiger partial charge is 0.245 e. The van der Waals surface area contributed by atoms with E-state index in [1.165, 1.54) is 6.07 Å². The minimum Gasteiger partial charge on any atom is -0.350 e. The van der Waals surface area contributed by atoms with E-state index in [9.17, 15) is 14.0 Å². The fourth-order valence-electron chi connectivity index (χ4n) is 3.85. The number of aryl methyl sites for hydroxylation is 1. The lowest BCUT2D eigenvalue weighted by atomic mass is 10.2. The third kappa shape index (κ3) is 4.56. The van der Waals surface area contributed by atoms with Gasteiger partial charge in [-0.15, -0.1) is 0 Å². The molecule has 2 amide bonds. The molecule has 0 spiro atoms. The second-order valence-electron chi connectivity index (χ2n) is 8.05. The molecule has 1 aliphatic rings. The first-order chi connectivity index (χ1) is 14.8. The van der Waals surface area contributed by atoms with Crippen LogP contribution in [0, 0.1) is 18.7 Å². The minimum atomic E-state index is -0.547. The Balaban J connectivity index is 1.44. The van der Waals surface area contributed by atoms with Gasteiger partial charge in [0.15, 0.2) is 0 Å². The summed E-state index contributed by atoms with van der Waals surface area (Å²) in [6.45, 7) is 3.96. The molecule has 3 aromatic rings. The molecule has 0 radical (unpaired) electrons. The fraction of sp³-hybridized carbons (Fsp3) is 0.348. The average Bonchev–Trinajstić information content (AvgIpc) is 3.39. The number of nitrogens with one attached hydrogen (secondary N) is 1. The number of nitrogens with zero attached hydrogens (tertiary/aromatic N) is 3. The maximum Gasteiger partial charge on any atom is 0.245 e. The molecular formula is C23H24ClFN4O2. The van der Waals surface area contributed by atoms with E-state index >= 15 is 0 Å². The van der Waals surface area contributed by atoms with Gasteiger partial charge in [0.2, 0.25) is 11.8 Å². The van der Waals surface area contributed by atoms with Crippen molar-refractivity contribution in [1.29, 1.82) is 0 Å². The first kappa shape index (κ1) is 21.3. The van der Waals surface area contributed by atoms with Crippen LogP contribution >= 0.6 is 11.6 Å². The van der Waals surface area contributed by atoms with Crippen LogP contribution in [0.15, 0.2) is 42.5 Å². The van der Waals surface area contributed by atoms with Crippen LogP contribution in [0.1, 0.15) is 24.6 Å². The number of carbonyl (C=O) groups excluding carboxylic acids is 2. The van der Waals surface area contributed by atoms with E-state index in [0.29, 0.717) is 11.5 Å². The molecule has 2 atom stereocenters. The quantitative estimate of drug-likeness (QED) is 0.606. The summed E-state index contributed by atoms with van der Waals surface area (Å²) in [5, 5.41) is 8.21. The lowest BCUT2D eigenvalue weighted by Gasteiger charge is -2.23. The standard InChI is InChI=1S/C23H24ClFN4O2/c1-14-10-20(14)28(12-21(30)26-11-16-6-5-8-18(24)23(16)25)22(31)13-29-19-9-4-3-7-17(19)15(2)27-29/h3-9,14,20H,10-13H2,1-2H3,(H,26,30). The highest BCUT2D eigenvalue weighted by atomic mass is 35.5. The van der Waals surface area contributed by atoms with Gasteiger partial charge < -0.3 is 10.2 Å². The molecule has 0 aliphatic heterocycles. The Morgan fingerprint density at radius 1 is 1.26 bits per heavy atom. The lowest BCUT2D eigenvalue weighted by Crippen LogP contribution is -2.43. The number of amides is 2. The van der Waals surface area contributed by atoms with Crippen molar-refractivity contribution < 1.29 is 14.0 Å². The molecule has 2 unspecified atom stereocenters. The summed E-state index contributed by atoms with van der Waals surface area (Å²) in [6, 6.07) is 12.4. The molecule has 1 N–H and O–H groups in total. The average molecular weight is 443 g/mol. The summed E-state index contributed by atoms with van der Waals surface area (Å²) in [5.41, 5.74) is 2.05. The Hall–Kier alpha value is -2.93. The summed E-state index contributed by atoms with van der Waals surface area (Å²) in [6.07, 6.45) is 0.862. The van der Waals surface area contributed by atoms with Crippen LogP contribution in [0.4, 0.5) is 4.39 Å². The van der Waals surface area contributed by atoms with Crippen molar-refractivity contribution in [3.8, 4) is 0 Å². The second-order valence-corrected chi connectivity index (χ2v) is 8.46. The lowest BCUT2D eigenvalue weighted by molar-refractivity contribution is -0.137. The molecule has 162 valence electrons. The number of benzene rings is 2. The summed E-state index contributed by atoms with van der Waals surface area (Å²) in [5.74, 6) is -0.701. The molecule has 1 fully saturated rings. The number of rotatable bonds is 7. The Labute approximate surface area is 185 Å². The third-order valence-corrected chi connectivity index (χ3v) is 6.03. The zero-order valence-corrected chi connectivity index (χ0v) is 18.2. The molecule has 0 bridgehead atoms. The van der Waals surface area contributed by atoms with Crippen molar-refractivity contribution in [3.63, 3.8) is 0 Å². The predicted molar refractivity (Wildman–Crippen MR) is 117 cm³/mol. The van der Waals surface area contributed by atoms with Crippen molar-refractivity contribution >= 4 is 34.3 Å². The molecule has 31 heavy (non-hydrogen) atoms. The van der Waals surface area contributed by atoms with Crippen molar-refractivity contribution in [3.05, 3.63) is 64.6 Å². The van der Waals surface area contributed by atoms with E-state index in [-0.39, 0.29) is 42.5 Å². The summed E-state index contributed by atoms with van der Waals surface area (Å²) in [7, 11) is 0. The van der Waals surface area contributed by atoms with Gasteiger partial charge in [0.1, 0.15) is 12.4 Å². The minimum absolute atomic E-state index is 0.0104. The first-order valence-corrected chi connectivity index (χ1v) is 10.6. The van der Waals surface area contributed by atoms with Crippen LogP contribution in [0.5, 0.6) is 0 Å². The van der Waals surface area contributed by atoms with Crippen LogP contribution < -0.4 is 5.32 Å². The molecule has 1 aromatic heterocycles. The van der Waals surface area contributed by atoms with Crippen LogP contribution in [-0.2, 0) is 22.7 Å². The van der Waals surface area contributed by atoms with Crippen LogP contribution in [-0.4, -0.2) is 39.1 Å². The van der Waals surface area contributed by atoms with Crippen LogP contribution in [0.3, 0.4) is 0 Å². The Morgan fingerprint density at radius 3 is 2.74 bits per heavy atom. The zero-order valence-electron chi connectivity index (χ0n) is 17.4. The van der Waals surface area contributed by atoms with E-state index in [1.807, 2.05) is 31.2 Å². The highest BCUT2D eigenvalue weighted by Gasteiger charge is 2.41. The van der Waals surface area contributed by atoms with E-state index in [2.05, 4.69) is 17.3 Å². The number of halogens is 2. The molecule has 1 saturated carbocycles. The molecule has 4 rings (SSSR count). The Bertz CT molecular complexity index is 1150. The van der Waals surface area contributed by atoms with Crippen LogP contribution in [0.25, 0.3) is 10.9 Å². The van der Waals surface area contributed by atoms with Gasteiger partial charge in [-0.2, -0.15) is 5.10 Å². The number of fused-ring (bicyclic) bond motifs is 1. The van der Waals surface area contributed by atoms with Gasteiger partial charge in [0, 0.05) is 23.5 Å². The van der Waals surface area contributed by atoms with Crippen molar-refractivity contribution in [2.75, 3.05) is 6.54 Å². The van der Waals surface area contributed by atoms with Crippen molar-refractivity contribution in [1.82, 2.24) is 20.0 Å². The number of aromatic nitrogens is 2. The largest absolute Gasteiger partial charge is 0.350 e. The van der Waals surface area contributed by atoms with Crippen molar-refractivity contribution in [2.45, 2.75) is 39.4 Å². The topological polar surface area (TPSA) is 67.2 Å². The van der Waals surface area contributed by atoms with E-state index < -0.39 is 5.82 Å². The summed E-state index contributed by atoms with van der Waals surface area (Å²) >= 11 is 5.79. The monoisotopic (exact) mass is 442 g/mol. The van der Waals surface area contributed by atoms with Crippen LogP contribution in [0.2, 0.25) is 5.02 Å². The van der Waals surface area contributed by atoms with E-state index in [1.54, 1.807) is 21.7 Å². The third-order valence-electron chi connectivity index (χ3n) is 5.74. The predicted octanol–water partition coefficient (Wildman–Crippen LogP) is 3.69. The highest BCUT2D eigenvalue weighted by molar-refractivity contribution is 6.30. The fourth-order valence-corrected chi connectivity index (χ4v) is 4.04. The first-order valence-electron chi connectivity index (χ1n) is 10.3. The SMILES string of the molecule is Cc1nn(CC(=O)N(CC(=O)NCc2cccc(Cl)c2F)C2CC2C)c2ccccc12. The summed E-state index contributed by atoms with van der Waals surface area (Å²) < 4.78 is 15.7. The number of carbonyl (C=O) groups is 2. The zero-order chi connectivity index (χ0) is 22.1. The maximum atomic E-state index is 14.0. The van der Waals surface area contributed by atoms with Gasteiger partial charge in [0.05, 0.1) is 22.8 Å². The molecule has 2 aromatic carbocycles. The van der Waals surface area contributed by atoms with Gasteiger partial charge in [-0.05, 0) is 31.4 Å². The van der Waals surface area contributed by atoms with E-state index in [4.69, 9.17) is 11.6 Å². The van der Waals surface area contributed by atoms with E-state index in [0.717, 1.165) is 23.0 Å². The molecule has 1 aliphatic carbocycles. The second kappa shape index (κ2) is 8.67. The normalized spacial score (nSPS) is 17.5. The molecule has 0 saturated heterocycles. The van der Waals surface area contributed by atoms with Gasteiger partial charge in [-0.3, -0.25) is 14.3 Å². The number of para-hydroxylation sites is 1. The van der Waals surface area contributed by atoms with Gasteiger partial charge in [-0.1, -0.05) is 48.9 Å². The molecule has 6 nitrogen and oxygen atoms in total. The number of hydrogen-bond donors (Lipinski definition) is 1. The Morgan fingerprint density at radius 2 is 2.00 bits per heavy atom.